The van der Waals surface area contributed by atoms with E-state index in [2.05, 4.69) is 0 Å². The molecule has 2 aromatic carbocycles. The Hall–Kier alpha value is -3.20. The second kappa shape index (κ2) is 12.6. The lowest BCUT2D eigenvalue weighted by Crippen LogP contribution is -2.62. The van der Waals surface area contributed by atoms with E-state index in [9.17, 15) is 19.2 Å². The number of methoxy groups -OCH3 is 2. The molecular formula is C30H34O8. The molecule has 2 saturated carbocycles. The van der Waals surface area contributed by atoms with Gasteiger partial charge in [0.2, 0.25) is 0 Å². The molecule has 0 unspecified atom stereocenters. The van der Waals surface area contributed by atoms with Gasteiger partial charge in [-0.05, 0) is 17.5 Å². The Bertz CT molecular complexity index is 1120. The van der Waals surface area contributed by atoms with Gasteiger partial charge in [-0.1, -0.05) is 60.7 Å². The number of ketones is 3. The molecule has 202 valence electrons. The quantitative estimate of drug-likeness (QED) is 0.326. The van der Waals surface area contributed by atoms with Gasteiger partial charge in [-0.2, -0.15) is 0 Å². The van der Waals surface area contributed by atoms with Gasteiger partial charge in [0.05, 0.1) is 44.9 Å². The number of benzene rings is 2. The number of hydrogen-bond donors (Lipinski definition) is 0. The summed E-state index contributed by atoms with van der Waals surface area (Å²) >= 11 is 0. The summed E-state index contributed by atoms with van der Waals surface area (Å²) in [5.74, 6) is -3.91. The maximum Gasteiger partial charge on any atom is 0.320 e. The highest BCUT2D eigenvalue weighted by Crippen LogP contribution is 2.51. The highest BCUT2D eigenvalue weighted by Gasteiger charge is 2.65. The van der Waals surface area contributed by atoms with Gasteiger partial charge in [0.1, 0.15) is 23.1 Å². The van der Waals surface area contributed by atoms with Crippen LogP contribution in [0.15, 0.2) is 60.7 Å². The van der Waals surface area contributed by atoms with Crippen LogP contribution >= 0.6 is 0 Å². The van der Waals surface area contributed by atoms with Crippen molar-refractivity contribution in [2.45, 2.75) is 51.1 Å². The molecule has 0 aromatic heterocycles. The second-order valence-corrected chi connectivity index (χ2v) is 9.86. The van der Waals surface area contributed by atoms with Gasteiger partial charge in [-0.25, -0.2) is 0 Å². The average Bonchev–Trinajstić information content (AvgIpc) is 2.95. The second-order valence-electron chi connectivity index (χ2n) is 9.86. The maximum absolute atomic E-state index is 13.5. The molecule has 0 N–H and O–H groups in total. The molecule has 0 amide bonds. The molecule has 0 aliphatic heterocycles. The van der Waals surface area contributed by atoms with Crippen LogP contribution in [0.25, 0.3) is 0 Å². The van der Waals surface area contributed by atoms with Crippen molar-refractivity contribution in [3.63, 3.8) is 0 Å². The van der Waals surface area contributed by atoms with Crippen LogP contribution in [0.5, 0.6) is 0 Å². The first-order valence-corrected chi connectivity index (χ1v) is 12.9. The number of fused-ring (bicyclic) bond motifs is 1. The number of carbonyl (C=O) groups is 4. The van der Waals surface area contributed by atoms with E-state index < -0.39 is 35.4 Å². The third kappa shape index (κ3) is 5.62. The SMILES string of the molecule is COC(=O)[C@@]12CCC(=O)[C@H]([C@H](OCc3ccccc3)[C@@H](COCc3ccccc3)OC)[C@H]1C(=O)CCC2=O. The summed E-state index contributed by atoms with van der Waals surface area (Å²) in [6.45, 7) is 0.542. The summed E-state index contributed by atoms with van der Waals surface area (Å²) in [6, 6.07) is 19.0. The molecular weight excluding hydrogens is 488 g/mol. The number of esters is 1. The van der Waals surface area contributed by atoms with E-state index in [0.717, 1.165) is 11.1 Å². The van der Waals surface area contributed by atoms with Gasteiger partial charge in [0.25, 0.3) is 0 Å². The highest BCUT2D eigenvalue weighted by molar-refractivity contribution is 6.14. The predicted molar refractivity (Wildman–Crippen MR) is 137 cm³/mol. The number of Topliss-reactive ketones (excluding diaryl/α,β-unsaturated/α-hetero) is 3. The molecule has 38 heavy (non-hydrogen) atoms. The molecule has 2 aliphatic carbocycles. The zero-order valence-corrected chi connectivity index (χ0v) is 21.8. The topological polar surface area (TPSA) is 105 Å². The summed E-state index contributed by atoms with van der Waals surface area (Å²) in [6.07, 6.45) is -1.84. The molecule has 2 aromatic rings. The number of hydrogen-bond acceptors (Lipinski definition) is 8. The van der Waals surface area contributed by atoms with Crippen LogP contribution in [0.2, 0.25) is 0 Å². The van der Waals surface area contributed by atoms with E-state index in [1.54, 1.807) is 0 Å². The molecule has 2 aliphatic rings. The van der Waals surface area contributed by atoms with E-state index in [1.807, 2.05) is 60.7 Å². The molecule has 0 radical (unpaired) electrons. The fourth-order valence-corrected chi connectivity index (χ4v) is 5.81. The number of carbonyl (C=O) groups excluding carboxylic acids is 4. The average molecular weight is 523 g/mol. The minimum Gasteiger partial charge on any atom is -0.468 e. The van der Waals surface area contributed by atoms with Crippen LogP contribution in [-0.4, -0.2) is 56.4 Å². The van der Waals surface area contributed by atoms with E-state index in [1.165, 1.54) is 14.2 Å². The Labute approximate surface area is 222 Å². The van der Waals surface area contributed by atoms with Crippen LogP contribution in [0.3, 0.4) is 0 Å². The Morgan fingerprint density at radius 1 is 0.868 bits per heavy atom. The predicted octanol–water partition coefficient (Wildman–Crippen LogP) is 3.49. The first-order valence-electron chi connectivity index (χ1n) is 12.9. The van der Waals surface area contributed by atoms with Crippen molar-refractivity contribution in [2.24, 2.45) is 17.3 Å². The van der Waals surface area contributed by atoms with Gasteiger partial charge in [0, 0.05) is 26.4 Å². The summed E-state index contributed by atoms with van der Waals surface area (Å²) in [4.78, 5) is 53.3. The molecule has 0 spiro atoms. The minimum atomic E-state index is -1.69. The Balaban J connectivity index is 1.67. The largest absolute Gasteiger partial charge is 0.468 e. The van der Waals surface area contributed by atoms with Gasteiger partial charge < -0.3 is 18.9 Å². The van der Waals surface area contributed by atoms with Crippen LogP contribution in [0.4, 0.5) is 0 Å². The van der Waals surface area contributed by atoms with Crippen LogP contribution in [0.1, 0.15) is 36.8 Å². The molecule has 0 heterocycles. The third-order valence-corrected chi connectivity index (χ3v) is 7.72. The third-order valence-electron chi connectivity index (χ3n) is 7.72. The zero-order valence-electron chi connectivity index (χ0n) is 21.8. The fourth-order valence-electron chi connectivity index (χ4n) is 5.81. The van der Waals surface area contributed by atoms with Crippen molar-refractivity contribution in [1.82, 2.24) is 0 Å². The molecule has 0 bridgehead atoms. The first-order chi connectivity index (χ1) is 18.4. The fraction of sp³-hybridized carbons (Fsp3) is 0.467. The molecule has 0 saturated heterocycles. The van der Waals surface area contributed by atoms with E-state index in [-0.39, 0.29) is 56.2 Å². The van der Waals surface area contributed by atoms with E-state index in [0.29, 0.717) is 6.61 Å². The molecule has 8 nitrogen and oxygen atoms in total. The van der Waals surface area contributed by atoms with E-state index in [4.69, 9.17) is 18.9 Å². The maximum atomic E-state index is 13.5. The Kier molecular flexibility index (Phi) is 9.20. The van der Waals surface area contributed by atoms with Crippen molar-refractivity contribution < 1.29 is 38.1 Å². The van der Waals surface area contributed by atoms with Gasteiger partial charge in [0.15, 0.2) is 5.78 Å². The molecule has 4 rings (SSSR count). The lowest BCUT2D eigenvalue weighted by atomic mass is 9.53. The standard InChI is InChI=1S/C30H34O8/c1-35-24(19-37-17-20-9-5-3-6-10-20)28(38-18-21-11-7-4-8-12-21)26-22(31)15-16-30(29(34)36-2)25(33)14-13-23(32)27(26)30/h3-12,24,26-28H,13-19H2,1-2H3/t24-,26+,27-,28-,30-/m1/s1. The van der Waals surface area contributed by atoms with Gasteiger partial charge in [-0.3, -0.25) is 19.2 Å². The number of rotatable bonds is 11. The molecule has 2 fully saturated rings. The van der Waals surface area contributed by atoms with Crippen LogP contribution in [-0.2, 0) is 51.3 Å². The first kappa shape index (κ1) is 27.8. The Morgan fingerprint density at radius 3 is 2.11 bits per heavy atom. The highest BCUT2D eigenvalue weighted by atomic mass is 16.6. The van der Waals surface area contributed by atoms with Gasteiger partial charge >= 0.3 is 5.97 Å². The molecule has 5 atom stereocenters. The van der Waals surface area contributed by atoms with Gasteiger partial charge in [-0.15, -0.1) is 0 Å². The van der Waals surface area contributed by atoms with E-state index >= 15 is 0 Å². The van der Waals surface area contributed by atoms with Crippen molar-refractivity contribution >= 4 is 23.3 Å². The summed E-state index contributed by atoms with van der Waals surface area (Å²) < 4.78 is 23.1. The Morgan fingerprint density at radius 2 is 1.50 bits per heavy atom. The lowest BCUT2D eigenvalue weighted by Gasteiger charge is -2.48. The summed E-state index contributed by atoms with van der Waals surface area (Å²) in [5.41, 5.74) is 0.141. The van der Waals surface area contributed by atoms with Crippen LogP contribution in [0, 0.1) is 17.3 Å². The monoisotopic (exact) mass is 522 g/mol. The smallest absolute Gasteiger partial charge is 0.320 e. The van der Waals surface area contributed by atoms with Crippen molar-refractivity contribution in [2.75, 3.05) is 20.8 Å². The zero-order chi connectivity index (χ0) is 27.1. The summed E-state index contributed by atoms with van der Waals surface area (Å²) in [5, 5.41) is 0. The van der Waals surface area contributed by atoms with Crippen molar-refractivity contribution in [3.8, 4) is 0 Å². The molecule has 8 heteroatoms. The van der Waals surface area contributed by atoms with Crippen molar-refractivity contribution in [1.29, 1.82) is 0 Å². The van der Waals surface area contributed by atoms with Crippen LogP contribution < -0.4 is 0 Å². The normalized spacial score (nSPS) is 24.9. The van der Waals surface area contributed by atoms with Crippen molar-refractivity contribution in [3.05, 3.63) is 71.8 Å². The minimum absolute atomic E-state index is 0.0282. The lowest BCUT2D eigenvalue weighted by molar-refractivity contribution is -0.186. The number of ether oxygens (including phenoxy) is 4. The summed E-state index contributed by atoms with van der Waals surface area (Å²) in [7, 11) is 2.69.